The number of likely N-dealkylation sites (N-methyl/N-ethyl adjacent to an activating group) is 1. The molecule has 4 aromatic rings. The summed E-state index contributed by atoms with van der Waals surface area (Å²) in [6, 6.07) is 27.5. The molecule has 5 nitrogen and oxygen atoms in total. The van der Waals surface area contributed by atoms with Crippen molar-refractivity contribution in [3.8, 4) is 22.5 Å². The molecule has 1 aliphatic carbocycles. The van der Waals surface area contributed by atoms with Crippen LogP contribution in [0.5, 0.6) is 0 Å². The van der Waals surface area contributed by atoms with Gasteiger partial charge in [0.05, 0.1) is 17.7 Å². The van der Waals surface area contributed by atoms with Gasteiger partial charge in [-0.3, -0.25) is 9.69 Å². The zero-order valence-corrected chi connectivity index (χ0v) is 23.4. The van der Waals surface area contributed by atoms with Crippen molar-refractivity contribution >= 4 is 5.97 Å². The second-order valence-electron chi connectivity index (χ2n) is 10.7. The van der Waals surface area contributed by atoms with Crippen molar-refractivity contribution < 1.29 is 14.1 Å². The number of rotatable bonds is 11. The van der Waals surface area contributed by atoms with Crippen LogP contribution in [0, 0.1) is 6.92 Å². The Labute approximate surface area is 231 Å². The molecule has 0 bridgehead atoms. The van der Waals surface area contributed by atoms with E-state index in [0.29, 0.717) is 12.5 Å². The standard InChI is InChI=1S/C34H38N2O3/c1-5-36(22-24(3)26-10-8-7-9-11-26)23-31-25(4)35-39-32(31)29-14-12-27(13-15-29)28-16-18-30(19-17-28)34(20-21-34)33(37)38-6-2/h7-19,24H,5-6,20-23H2,1-4H3/t24-/m0/s1. The third kappa shape index (κ3) is 5.69. The predicted octanol–water partition coefficient (Wildman–Crippen LogP) is 7.54. The molecule has 5 heteroatoms. The van der Waals surface area contributed by atoms with E-state index in [2.05, 4.69) is 103 Å². The zero-order chi connectivity index (χ0) is 27.4. The van der Waals surface area contributed by atoms with Gasteiger partial charge in [-0.15, -0.1) is 0 Å². The number of nitrogens with zero attached hydrogens (tertiary/aromatic N) is 2. The molecule has 1 atom stereocenters. The van der Waals surface area contributed by atoms with Crippen molar-refractivity contribution in [2.24, 2.45) is 0 Å². The number of ether oxygens (including phenoxy) is 1. The Morgan fingerprint density at radius 2 is 1.56 bits per heavy atom. The fourth-order valence-electron chi connectivity index (χ4n) is 5.41. The molecule has 1 heterocycles. The fourth-order valence-corrected chi connectivity index (χ4v) is 5.41. The Morgan fingerprint density at radius 3 is 2.15 bits per heavy atom. The van der Waals surface area contributed by atoms with Crippen molar-refractivity contribution in [3.63, 3.8) is 0 Å². The molecule has 0 spiro atoms. The average Bonchev–Trinajstić information content (AvgIpc) is 3.72. The topological polar surface area (TPSA) is 55.6 Å². The van der Waals surface area contributed by atoms with E-state index in [0.717, 1.165) is 71.7 Å². The summed E-state index contributed by atoms with van der Waals surface area (Å²) in [6.45, 7) is 11.5. The van der Waals surface area contributed by atoms with Gasteiger partial charge in [0.15, 0.2) is 5.76 Å². The molecule has 1 fully saturated rings. The first kappa shape index (κ1) is 26.9. The molecule has 3 aromatic carbocycles. The van der Waals surface area contributed by atoms with Crippen LogP contribution in [0.15, 0.2) is 83.4 Å². The molecule has 0 radical (unpaired) electrons. The first-order valence-corrected chi connectivity index (χ1v) is 14.1. The van der Waals surface area contributed by atoms with Gasteiger partial charge in [-0.05, 0) is 61.4 Å². The van der Waals surface area contributed by atoms with E-state index in [9.17, 15) is 4.79 Å². The highest BCUT2D eigenvalue weighted by molar-refractivity contribution is 5.87. The smallest absolute Gasteiger partial charge is 0.316 e. The van der Waals surface area contributed by atoms with Gasteiger partial charge in [-0.25, -0.2) is 0 Å². The third-order valence-electron chi connectivity index (χ3n) is 8.05. The molecule has 202 valence electrons. The number of carbonyl (C=O) groups is 1. The molecule has 39 heavy (non-hydrogen) atoms. The quantitative estimate of drug-likeness (QED) is 0.191. The van der Waals surface area contributed by atoms with Gasteiger partial charge in [0, 0.05) is 24.2 Å². The summed E-state index contributed by atoms with van der Waals surface area (Å²) in [4.78, 5) is 14.9. The molecular formula is C34H38N2O3. The molecule has 0 N–H and O–H groups in total. The highest BCUT2D eigenvalue weighted by atomic mass is 16.5. The van der Waals surface area contributed by atoms with Crippen molar-refractivity contribution in [1.82, 2.24) is 10.1 Å². The number of hydrogen-bond donors (Lipinski definition) is 0. The lowest BCUT2D eigenvalue weighted by atomic mass is 9.93. The van der Waals surface area contributed by atoms with Crippen molar-refractivity contribution in [2.75, 3.05) is 19.7 Å². The SMILES string of the molecule is CCOC(=O)C1(c2ccc(-c3ccc(-c4onc(C)c4CN(CC)C[C@H](C)c4ccccc4)cc3)cc2)CC1. The van der Waals surface area contributed by atoms with E-state index in [1.807, 2.05) is 13.8 Å². The van der Waals surface area contributed by atoms with Gasteiger partial charge in [0.25, 0.3) is 0 Å². The lowest BCUT2D eigenvalue weighted by molar-refractivity contribution is -0.146. The van der Waals surface area contributed by atoms with Gasteiger partial charge < -0.3 is 9.26 Å². The maximum atomic E-state index is 12.4. The monoisotopic (exact) mass is 522 g/mol. The highest BCUT2D eigenvalue weighted by Gasteiger charge is 2.52. The van der Waals surface area contributed by atoms with E-state index in [-0.39, 0.29) is 5.97 Å². The highest BCUT2D eigenvalue weighted by Crippen LogP contribution is 2.49. The van der Waals surface area contributed by atoms with E-state index < -0.39 is 5.41 Å². The summed E-state index contributed by atoms with van der Waals surface area (Å²) in [5.41, 5.74) is 7.30. The van der Waals surface area contributed by atoms with Crippen LogP contribution in [-0.4, -0.2) is 35.7 Å². The average molecular weight is 523 g/mol. The van der Waals surface area contributed by atoms with Crippen LogP contribution in [0.2, 0.25) is 0 Å². The predicted molar refractivity (Wildman–Crippen MR) is 155 cm³/mol. The minimum Gasteiger partial charge on any atom is -0.465 e. The first-order valence-electron chi connectivity index (χ1n) is 14.1. The summed E-state index contributed by atoms with van der Waals surface area (Å²) in [7, 11) is 0. The van der Waals surface area contributed by atoms with Crippen LogP contribution < -0.4 is 0 Å². The van der Waals surface area contributed by atoms with Crippen molar-refractivity contribution in [3.05, 3.63) is 101 Å². The Bertz CT molecular complexity index is 1390. The number of hydrogen-bond acceptors (Lipinski definition) is 5. The van der Waals surface area contributed by atoms with Crippen molar-refractivity contribution in [2.45, 2.75) is 58.4 Å². The molecular weight excluding hydrogens is 484 g/mol. The minimum absolute atomic E-state index is 0.101. The molecule has 0 amide bonds. The maximum Gasteiger partial charge on any atom is 0.316 e. The van der Waals surface area contributed by atoms with Crippen molar-refractivity contribution in [1.29, 1.82) is 0 Å². The summed E-state index contributed by atoms with van der Waals surface area (Å²) in [5, 5.41) is 4.32. The molecule has 1 aromatic heterocycles. The fraction of sp³-hybridized carbons (Fsp3) is 0.353. The molecule has 1 aliphatic rings. The number of aromatic nitrogens is 1. The Kier molecular flexibility index (Phi) is 7.99. The Morgan fingerprint density at radius 1 is 0.949 bits per heavy atom. The van der Waals surface area contributed by atoms with Crippen LogP contribution in [-0.2, 0) is 21.5 Å². The normalized spacial score (nSPS) is 14.8. The third-order valence-corrected chi connectivity index (χ3v) is 8.05. The van der Waals surface area contributed by atoms with Crippen LogP contribution in [0.4, 0.5) is 0 Å². The largest absolute Gasteiger partial charge is 0.465 e. The lowest BCUT2D eigenvalue weighted by Gasteiger charge is -2.24. The van der Waals surface area contributed by atoms with Crippen LogP contribution in [0.1, 0.15) is 61.9 Å². The molecule has 5 rings (SSSR count). The molecule has 0 unspecified atom stereocenters. The first-order chi connectivity index (χ1) is 18.9. The van der Waals surface area contributed by atoms with E-state index in [4.69, 9.17) is 9.26 Å². The van der Waals surface area contributed by atoms with Gasteiger partial charge in [-0.2, -0.15) is 0 Å². The minimum atomic E-state index is -0.440. The van der Waals surface area contributed by atoms with Gasteiger partial charge >= 0.3 is 5.97 Å². The summed E-state index contributed by atoms with van der Waals surface area (Å²) < 4.78 is 11.2. The second-order valence-corrected chi connectivity index (χ2v) is 10.7. The Hall–Kier alpha value is -3.70. The molecule has 1 saturated carbocycles. The van der Waals surface area contributed by atoms with Gasteiger partial charge in [-0.1, -0.05) is 97.9 Å². The van der Waals surface area contributed by atoms with Crippen LogP contribution in [0.3, 0.4) is 0 Å². The Balaban J connectivity index is 1.30. The summed E-state index contributed by atoms with van der Waals surface area (Å²) in [6.07, 6.45) is 1.72. The molecule has 0 saturated heterocycles. The number of carbonyl (C=O) groups excluding carboxylic acids is 1. The summed E-state index contributed by atoms with van der Waals surface area (Å²) in [5.74, 6) is 1.18. The number of esters is 1. The summed E-state index contributed by atoms with van der Waals surface area (Å²) >= 11 is 0. The van der Waals surface area contributed by atoms with E-state index in [1.165, 1.54) is 5.56 Å². The van der Waals surface area contributed by atoms with Gasteiger partial charge in [0.2, 0.25) is 0 Å². The number of aryl methyl sites for hydroxylation is 1. The van der Waals surface area contributed by atoms with E-state index >= 15 is 0 Å². The van der Waals surface area contributed by atoms with Crippen LogP contribution >= 0.6 is 0 Å². The maximum absolute atomic E-state index is 12.4. The van der Waals surface area contributed by atoms with E-state index in [1.54, 1.807) is 0 Å². The van der Waals surface area contributed by atoms with Gasteiger partial charge in [0.1, 0.15) is 0 Å². The molecule has 0 aliphatic heterocycles. The zero-order valence-electron chi connectivity index (χ0n) is 23.4. The lowest BCUT2D eigenvalue weighted by Crippen LogP contribution is -2.27. The second kappa shape index (κ2) is 11.6. The number of benzene rings is 3. The van der Waals surface area contributed by atoms with Crippen LogP contribution in [0.25, 0.3) is 22.5 Å².